The quantitative estimate of drug-likeness (QED) is 0.200. The Morgan fingerprint density at radius 3 is 2.33 bits per heavy atom. The van der Waals surface area contributed by atoms with Crippen LogP contribution < -0.4 is 5.32 Å². The predicted octanol–water partition coefficient (Wildman–Crippen LogP) is 7.12. The van der Waals surface area contributed by atoms with Crippen molar-refractivity contribution in [2.75, 3.05) is 19.6 Å². The molecular formula is C33H39F2N3O. The van der Waals surface area contributed by atoms with Crippen molar-refractivity contribution in [2.24, 2.45) is 0 Å². The van der Waals surface area contributed by atoms with Crippen molar-refractivity contribution < 1.29 is 13.6 Å². The molecule has 0 bridgehead atoms. The second kappa shape index (κ2) is 13.5. The van der Waals surface area contributed by atoms with Crippen molar-refractivity contribution in [1.82, 2.24) is 14.8 Å². The normalized spacial score (nSPS) is 13.1. The lowest BCUT2D eigenvalue weighted by molar-refractivity contribution is -0.121. The summed E-state index contributed by atoms with van der Waals surface area (Å²) in [5.41, 5.74) is 3.36. The fraction of sp³-hybridized carbons (Fsp3) is 0.364. The average molecular weight is 532 g/mol. The number of carbonyl (C=O) groups is 1. The molecule has 2 atom stereocenters. The van der Waals surface area contributed by atoms with Crippen LogP contribution in [0.4, 0.5) is 8.78 Å². The van der Waals surface area contributed by atoms with Crippen molar-refractivity contribution in [1.29, 1.82) is 0 Å². The molecule has 0 radical (unpaired) electrons. The SMILES string of the molecule is CCN(CC)CCCC(C)NC(=O)CC(c1ccccc1F)c1cn(Cc2ccc(F)cc2)c2ccccc12. The first-order valence-electron chi connectivity index (χ1n) is 14.0. The van der Waals surface area contributed by atoms with E-state index in [1.54, 1.807) is 24.3 Å². The Labute approximate surface area is 230 Å². The monoisotopic (exact) mass is 531 g/mol. The first-order valence-corrected chi connectivity index (χ1v) is 14.0. The van der Waals surface area contributed by atoms with Gasteiger partial charge in [0, 0.05) is 42.0 Å². The molecule has 0 saturated heterocycles. The van der Waals surface area contributed by atoms with Gasteiger partial charge in [-0.2, -0.15) is 0 Å². The van der Waals surface area contributed by atoms with Crippen LogP contribution in [0.1, 0.15) is 62.6 Å². The highest BCUT2D eigenvalue weighted by atomic mass is 19.1. The number of fused-ring (bicyclic) bond motifs is 1. The molecule has 3 aromatic carbocycles. The number of para-hydroxylation sites is 1. The largest absolute Gasteiger partial charge is 0.354 e. The number of nitrogens with zero attached hydrogens (tertiary/aromatic N) is 2. The van der Waals surface area contributed by atoms with Gasteiger partial charge in [0.05, 0.1) is 0 Å². The van der Waals surface area contributed by atoms with Gasteiger partial charge < -0.3 is 14.8 Å². The molecule has 6 heteroatoms. The second-order valence-corrected chi connectivity index (χ2v) is 10.3. The summed E-state index contributed by atoms with van der Waals surface area (Å²) in [6.07, 6.45) is 4.07. The summed E-state index contributed by atoms with van der Waals surface area (Å²) in [7, 11) is 0. The lowest BCUT2D eigenvalue weighted by Crippen LogP contribution is -2.34. The lowest BCUT2D eigenvalue weighted by atomic mass is 9.87. The van der Waals surface area contributed by atoms with E-state index in [2.05, 4.69) is 28.6 Å². The van der Waals surface area contributed by atoms with Crippen molar-refractivity contribution in [3.8, 4) is 0 Å². The number of benzene rings is 3. The molecule has 1 amide bonds. The van der Waals surface area contributed by atoms with E-state index < -0.39 is 5.92 Å². The smallest absolute Gasteiger partial charge is 0.221 e. The molecule has 0 saturated carbocycles. The van der Waals surface area contributed by atoms with Crippen molar-refractivity contribution in [3.05, 3.63) is 107 Å². The predicted molar refractivity (Wildman–Crippen MR) is 155 cm³/mol. The van der Waals surface area contributed by atoms with Gasteiger partial charge in [0.1, 0.15) is 11.6 Å². The molecule has 0 aliphatic rings. The molecule has 39 heavy (non-hydrogen) atoms. The van der Waals surface area contributed by atoms with Crippen molar-refractivity contribution in [3.63, 3.8) is 0 Å². The Hall–Kier alpha value is -3.51. The minimum Gasteiger partial charge on any atom is -0.354 e. The highest BCUT2D eigenvalue weighted by Gasteiger charge is 2.25. The third kappa shape index (κ3) is 7.33. The summed E-state index contributed by atoms with van der Waals surface area (Å²) in [5, 5.41) is 4.14. The number of hydrogen-bond acceptors (Lipinski definition) is 2. The standard InChI is InChI=1S/C33H39F2N3O/c1-4-37(5-2)20-10-11-24(3)36-33(39)21-29(27-12-6-8-14-31(27)35)30-23-38(32-15-9-7-13-28(30)32)22-25-16-18-26(34)19-17-25/h6-9,12-19,23-24,29H,4-5,10-11,20-22H2,1-3H3,(H,36,39). The van der Waals surface area contributed by atoms with Crippen LogP contribution >= 0.6 is 0 Å². The van der Waals surface area contributed by atoms with E-state index in [1.165, 1.54) is 18.2 Å². The van der Waals surface area contributed by atoms with Gasteiger partial charge in [-0.25, -0.2) is 8.78 Å². The molecule has 0 spiro atoms. The maximum absolute atomic E-state index is 15.2. The van der Waals surface area contributed by atoms with Gasteiger partial charge in [-0.05, 0) is 80.4 Å². The topological polar surface area (TPSA) is 37.3 Å². The Morgan fingerprint density at radius 1 is 0.923 bits per heavy atom. The summed E-state index contributed by atoms with van der Waals surface area (Å²) in [6, 6.07) is 21.2. The van der Waals surface area contributed by atoms with Crippen LogP contribution in [0.3, 0.4) is 0 Å². The third-order valence-electron chi connectivity index (χ3n) is 7.54. The van der Waals surface area contributed by atoms with Crippen molar-refractivity contribution >= 4 is 16.8 Å². The number of nitrogens with one attached hydrogen (secondary N) is 1. The van der Waals surface area contributed by atoms with Gasteiger partial charge in [0.2, 0.25) is 5.91 Å². The zero-order valence-corrected chi connectivity index (χ0v) is 23.2. The Balaban J connectivity index is 1.60. The Bertz CT molecular complexity index is 1360. The molecule has 0 aliphatic heterocycles. The van der Waals surface area contributed by atoms with Gasteiger partial charge in [0.15, 0.2) is 0 Å². The zero-order chi connectivity index (χ0) is 27.8. The van der Waals surface area contributed by atoms with Gasteiger partial charge in [-0.15, -0.1) is 0 Å². The number of halogens is 2. The summed E-state index contributed by atoms with van der Waals surface area (Å²) in [4.78, 5) is 15.7. The number of amides is 1. The third-order valence-corrected chi connectivity index (χ3v) is 7.54. The van der Waals surface area contributed by atoms with Crippen LogP contribution in [0, 0.1) is 11.6 Å². The van der Waals surface area contributed by atoms with E-state index in [1.807, 2.05) is 43.5 Å². The number of aromatic nitrogens is 1. The number of carbonyl (C=O) groups excluding carboxylic acids is 1. The van der Waals surface area contributed by atoms with Crippen LogP contribution in [0.2, 0.25) is 0 Å². The molecule has 0 fully saturated rings. The van der Waals surface area contributed by atoms with Gasteiger partial charge in [-0.1, -0.05) is 62.4 Å². The van der Waals surface area contributed by atoms with Crippen LogP contribution in [0.5, 0.6) is 0 Å². The number of hydrogen-bond donors (Lipinski definition) is 1. The number of rotatable bonds is 13. The molecule has 0 aliphatic carbocycles. The molecule has 1 aromatic heterocycles. The van der Waals surface area contributed by atoms with Gasteiger partial charge in [-0.3, -0.25) is 4.79 Å². The molecule has 206 valence electrons. The highest BCUT2D eigenvalue weighted by Crippen LogP contribution is 2.36. The van der Waals surface area contributed by atoms with Crippen LogP contribution in [0.25, 0.3) is 10.9 Å². The van der Waals surface area contributed by atoms with E-state index in [9.17, 15) is 9.18 Å². The van der Waals surface area contributed by atoms with E-state index in [0.717, 1.165) is 54.5 Å². The van der Waals surface area contributed by atoms with Gasteiger partial charge >= 0.3 is 0 Å². The summed E-state index contributed by atoms with van der Waals surface area (Å²) >= 11 is 0. The maximum atomic E-state index is 15.2. The lowest BCUT2D eigenvalue weighted by Gasteiger charge is -2.21. The minimum atomic E-state index is -0.451. The van der Waals surface area contributed by atoms with E-state index in [4.69, 9.17) is 0 Å². The Kier molecular flexibility index (Phi) is 9.88. The first kappa shape index (κ1) is 28.5. The van der Waals surface area contributed by atoms with E-state index in [0.29, 0.717) is 12.1 Å². The van der Waals surface area contributed by atoms with Crippen LogP contribution in [-0.4, -0.2) is 41.1 Å². The van der Waals surface area contributed by atoms with Crippen LogP contribution in [0.15, 0.2) is 79.0 Å². The van der Waals surface area contributed by atoms with E-state index >= 15 is 4.39 Å². The molecule has 4 aromatic rings. The molecule has 1 N–H and O–H groups in total. The van der Waals surface area contributed by atoms with Crippen molar-refractivity contribution in [2.45, 2.75) is 58.5 Å². The second-order valence-electron chi connectivity index (χ2n) is 10.3. The highest BCUT2D eigenvalue weighted by molar-refractivity contribution is 5.87. The van der Waals surface area contributed by atoms with E-state index in [-0.39, 0.29) is 30.0 Å². The first-order chi connectivity index (χ1) is 18.9. The minimum absolute atomic E-state index is 0.0363. The summed E-state index contributed by atoms with van der Waals surface area (Å²) < 4.78 is 30.7. The van der Waals surface area contributed by atoms with Crippen LogP contribution in [-0.2, 0) is 11.3 Å². The fourth-order valence-corrected chi connectivity index (χ4v) is 5.37. The zero-order valence-electron chi connectivity index (χ0n) is 23.2. The molecule has 1 heterocycles. The molecule has 4 nitrogen and oxygen atoms in total. The summed E-state index contributed by atoms with van der Waals surface area (Å²) in [6.45, 7) is 9.96. The molecular weight excluding hydrogens is 492 g/mol. The summed E-state index contributed by atoms with van der Waals surface area (Å²) in [5.74, 6) is -1.13. The molecule has 4 rings (SSSR count). The average Bonchev–Trinajstić information content (AvgIpc) is 3.29. The Morgan fingerprint density at radius 2 is 1.62 bits per heavy atom. The van der Waals surface area contributed by atoms with Gasteiger partial charge in [0.25, 0.3) is 0 Å². The fourth-order valence-electron chi connectivity index (χ4n) is 5.37. The maximum Gasteiger partial charge on any atom is 0.221 e. The molecule has 2 unspecified atom stereocenters.